The minimum Gasteiger partial charge on any atom is -0.264 e. The lowest BCUT2D eigenvalue weighted by Gasteiger charge is -2.16. The molecule has 2 aromatic heterocycles. The van der Waals surface area contributed by atoms with Gasteiger partial charge in [0.1, 0.15) is 0 Å². The number of fused-ring (bicyclic) bond motifs is 6. The van der Waals surface area contributed by atoms with Crippen LogP contribution in [0.25, 0.3) is 99.5 Å². The molecule has 10 rings (SSSR count). The molecule has 0 saturated carbocycles. The molecule has 0 amide bonds. The predicted molar refractivity (Wildman–Crippen MR) is 215 cm³/mol. The zero-order valence-electron chi connectivity index (χ0n) is 28.1. The average Bonchev–Trinajstić information content (AvgIpc) is 3.23. The number of pyridine rings is 1. The molecule has 0 saturated heterocycles. The Hall–Kier alpha value is -7.04. The van der Waals surface area contributed by atoms with Crippen LogP contribution in [-0.2, 0) is 0 Å². The van der Waals surface area contributed by atoms with Gasteiger partial charge in [0.25, 0.3) is 0 Å². The number of hydrogen-bond acceptors (Lipinski definition) is 4. The molecule has 4 nitrogen and oxygen atoms in total. The maximum Gasteiger partial charge on any atom is 0.165 e. The highest BCUT2D eigenvalue weighted by atomic mass is 15.0. The minimum atomic E-state index is 0.580. The highest BCUT2D eigenvalue weighted by Crippen LogP contribution is 2.41. The van der Waals surface area contributed by atoms with Crippen LogP contribution in [0.4, 0.5) is 0 Å². The molecule has 10 aromatic rings. The molecule has 0 aliphatic rings. The van der Waals surface area contributed by atoms with Crippen molar-refractivity contribution in [3.63, 3.8) is 0 Å². The fourth-order valence-corrected chi connectivity index (χ4v) is 7.50. The van der Waals surface area contributed by atoms with Crippen molar-refractivity contribution in [3.05, 3.63) is 182 Å². The van der Waals surface area contributed by atoms with E-state index in [4.69, 9.17) is 15.0 Å². The summed E-state index contributed by atoms with van der Waals surface area (Å²) in [5.41, 5.74) is 7.17. The average molecular weight is 663 g/mol. The molecule has 0 bridgehead atoms. The zero-order chi connectivity index (χ0) is 34.4. The first-order valence-corrected chi connectivity index (χ1v) is 17.5. The minimum absolute atomic E-state index is 0.580. The molecular formula is C48H30N4. The highest BCUT2D eigenvalue weighted by Gasteiger charge is 2.18. The number of rotatable bonds is 5. The number of hydrogen-bond donors (Lipinski definition) is 0. The topological polar surface area (TPSA) is 51.6 Å². The van der Waals surface area contributed by atoms with Crippen LogP contribution >= 0.6 is 0 Å². The quantitative estimate of drug-likeness (QED) is 0.172. The maximum atomic E-state index is 5.15. The molecule has 0 aliphatic carbocycles. The van der Waals surface area contributed by atoms with Crippen molar-refractivity contribution in [3.8, 4) is 56.4 Å². The highest BCUT2D eigenvalue weighted by molar-refractivity contribution is 6.16. The molecule has 0 spiro atoms. The van der Waals surface area contributed by atoms with Crippen LogP contribution in [-0.4, -0.2) is 19.9 Å². The molecule has 2 heterocycles. The number of benzene rings is 8. The Balaban J connectivity index is 1.30. The van der Waals surface area contributed by atoms with Crippen molar-refractivity contribution < 1.29 is 0 Å². The monoisotopic (exact) mass is 662 g/mol. The Morgan fingerprint density at radius 3 is 1.25 bits per heavy atom. The third-order valence-electron chi connectivity index (χ3n) is 9.94. The molecule has 0 unspecified atom stereocenters. The first kappa shape index (κ1) is 29.8. The van der Waals surface area contributed by atoms with Gasteiger partial charge in [-0.2, -0.15) is 0 Å². The van der Waals surface area contributed by atoms with Gasteiger partial charge in [-0.3, -0.25) is 4.98 Å². The Morgan fingerprint density at radius 1 is 0.288 bits per heavy atom. The Bertz CT molecular complexity index is 2760. The normalized spacial score (nSPS) is 11.5. The first-order chi connectivity index (χ1) is 25.8. The SMILES string of the molecule is c1ccc(-c2nc(-c3cccnc3)nc(-c3cc(-c4cc5ccccc5c5ccccc45)cc(-c4cc5ccccc5c5ccccc45)c3)n2)cc1. The van der Waals surface area contributed by atoms with Crippen LogP contribution in [0.2, 0.25) is 0 Å². The van der Waals surface area contributed by atoms with E-state index in [1.165, 1.54) is 43.1 Å². The van der Waals surface area contributed by atoms with Crippen LogP contribution in [0.5, 0.6) is 0 Å². The second-order valence-electron chi connectivity index (χ2n) is 13.1. The van der Waals surface area contributed by atoms with E-state index in [1.54, 1.807) is 12.4 Å². The van der Waals surface area contributed by atoms with E-state index in [-0.39, 0.29) is 0 Å². The van der Waals surface area contributed by atoms with Crippen molar-refractivity contribution in [2.24, 2.45) is 0 Å². The van der Waals surface area contributed by atoms with E-state index < -0.39 is 0 Å². The van der Waals surface area contributed by atoms with Crippen LogP contribution in [0.15, 0.2) is 182 Å². The second kappa shape index (κ2) is 12.4. The number of nitrogens with zero attached hydrogens (tertiary/aromatic N) is 4. The van der Waals surface area contributed by atoms with Crippen LogP contribution in [0.1, 0.15) is 0 Å². The lowest BCUT2D eigenvalue weighted by Crippen LogP contribution is -2.01. The smallest absolute Gasteiger partial charge is 0.165 e. The van der Waals surface area contributed by atoms with Gasteiger partial charge in [0.05, 0.1) is 0 Å². The van der Waals surface area contributed by atoms with Crippen molar-refractivity contribution in [1.82, 2.24) is 19.9 Å². The fraction of sp³-hybridized carbons (Fsp3) is 0. The first-order valence-electron chi connectivity index (χ1n) is 17.5. The molecule has 8 aromatic carbocycles. The lowest BCUT2D eigenvalue weighted by molar-refractivity contribution is 1.07. The molecule has 0 radical (unpaired) electrons. The molecule has 0 aliphatic heterocycles. The van der Waals surface area contributed by atoms with E-state index >= 15 is 0 Å². The molecule has 0 atom stereocenters. The summed E-state index contributed by atoms with van der Waals surface area (Å²) in [7, 11) is 0. The predicted octanol–water partition coefficient (Wildman–Crippen LogP) is 12.2. The lowest BCUT2D eigenvalue weighted by atomic mass is 9.88. The summed E-state index contributed by atoms with van der Waals surface area (Å²) in [4.78, 5) is 19.6. The van der Waals surface area contributed by atoms with Gasteiger partial charge in [-0.05, 0) is 108 Å². The van der Waals surface area contributed by atoms with Gasteiger partial charge >= 0.3 is 0 Å². The van der Waals surface area contributed by atoms with Gasteiger partial charge in [-0.15, -0.1) is 0 Å². The molecule has 0 fully saturated rings. The molecular weight excluding hydrogens is 633 g/mol. The summed E-state index contributed by atoms with van der Waals surface area (Å²) < 4.78 is 0. The van der Waals surface area contributed by atoms with Crippen molar-refractivity contribution in [1.29, 1.82) is 0 Å². The van der Waals surface area contributed by atoms with Crippen molar-refractivity contribution in [2.45, 2.75) is 0 Å². The van der Waals surface area contributed by atoms with Gasteiger partial charge in [-0.1, -0.05) is 127 Å². The van der Waals surface area contributed by atoms with Crippen LogP contribution in [0.3, 0.4) is 0 Å². The Morgan fingerprint density at radius 2 is 0.712 bits per heavy atom. The van der Waals surface area contributed by atoms with Crippen LogP contribution in [0, 0.1) is 0 Å². The summed E-state index contributed by atoms with van der Waals surface area (Å²) >= 11 is 0. The Kier molecular flexibility index (Phi) is 7.10. The van der Waals surface area contributed by atoms with Crippen LogP contribution < -0.4 is 0 Å². The van der Waals surface area contributed by atoms with E-state index in [0.29, 0.717) is 17.5 Å². The molecule has 4 heteroatoms. The fourth-order valence-electron chi connectivity index (χ4n) is 7.50. The summed E-state index contributed by atoms with van der Waals surface area (Å²) in [6.07, 6.45) is 3.57. The van der Waals surface area contributed by atoms with Crippen molar-refractivity contribution >= 4 is 43.1 Å². The van der Waals surface area contributed by atoms with Gasteiger partial charge in [0.15, 0.2) is 17.5 Å². The van der Waals surface area contributed by atoms with Crippen molar-refractivity contribution in [2.75, 3.05) is 0 Å². The summed E-state index contributed by atoms with van der Waals surface area (Å²) in [6.45, 7) is 0. The third kappa shape index (κ3) is 5.17. The van der Waals surface area contributed by atoms with E-state index in [0.717, 1.165) is 38.9 Å². The molecule has 242 valence electrons. The summed E-state index contributed by atoms with van der Waals surface area (Å²) in [6, 6.07) is 60.1. The molecule has 52 heavy (non-hydrogen) atoms. The largest absolute Gasteiger partial charge is 0.264 e. The third-order valence-corrected chi connectivity index (χ3v) is 9.94. The van der Waals surface area contributed by atoms with E-state index in [1.807, 2.05) is 42.5 Å². The van der Waals surface area contributed by atoms with Gasteiger partial charge < -0.3 is 0 Å². The molecule has 0 N–H and O–H groups in total. The second-order valence-corrected chi connectivity index (χ2v) is 13.1. The summed E-state index contributed by atoms with van der Waals surface area (Å²) in [5, 5.41) is 9.73. The zero-order valence-corrected chi connectivity index (χ0v) is 28.1. The van der Waals surface area contributed by atoms with Gasteiger partial charge in [0, 0.05) is 29.1 Å². The standard InChI is InChI=1S/C48H30N4/c1-2-13-31(14-3-1)46-50-47(34-17-12-24-49-30-34)52-48(51-46)37-26-35(44-28-32-15-4-6-18-38(32)40-20-8-10-22-42(40)44)25-36(27-37)45-29-33-16-5-7-19-39(33)41-21-9-11-23-43(41)45/h1-30H. The van der Waals surface area contributed by atoms with Gasteiger partial charge in [-0.25, -0.2) is 15.0 Å². The van der Waals surface area contributed by atoms with Gasteiger partial charge in [0.2, 0.25) is 0 Å². The van der Waals surface area contributed by atoms with E-state index in [2.05, 4.69) is 132 Å². The summed E-state index contributed by atoms with van der Waals surface area (Å²) in [5.74, 6) is 1.80. The number of aromatic nitrogens is 4. The van der Waals surface area contributed by atoms with E-state index in [9.17, 15) is 0 Å². The Labute approximate surface area is 300 Å². The maximum absolute atomic E-state index is 5.15.